The van der Waals surface area contributed by atoms with Crippen LogP contribution >= 0.6 is 0 Å². The normalized spacial score (nSPS) is 12.9. The van der Waals surface area contributed by atoms with E-state index in [2.05, 4.69) is 37.4 Å². The van der Waals surface area contributed by atoms with Crippen molar-refractivity contribution >= 4 is 9.52 Å². The molecule has 0 fully saturated rings. The molecular weight excluding hydrogens is 256 g/mol. The second-order valence-corrected chi connectivity index (χ2v) is 3.74. The maximum atomic E-state index is 2.99. The van der Waals surface area contributed by atoms with Crippen LogP contribution in [0.15, 0.2) is 36.5 Å². The molecule has 0 spiro atoms. The summed E-state index contributed by atoms with van der Waals surface area (Å²) in [6.07, 6.45) is 20.0. The molecule has 0 saturated carbocycles. The molecule has 0 bridgehead atoms. The Morgan fingerprint density at radius 2 is 1.27 bits per heavy atom. The van der Waals surface area contributed by atoms with Crippen molar-refractivity contribution in [2.75, 3.05) is 0 Å². The van der Waals surface area contributed by atoms with Crippen molar-refractivity contribution in [3.05, 3.63) is 48.6 Å². The van der Waals surface area contributed by atoms with Gasteiger partial charge in [-0.3, -0.25) is 12.2 Å². The van der Waals surface area contributed by atoms with Gasteiger partial charge in [-0.1, -0.05) is 13.1 Å². The third-order valence-corrected chi connectivity index (χ3v) is 1.17. The summed E-state index contributed by atoms with van der Waals surface area (Å²) in [6.45, 7) is 4.42. The molecule has 0 heterocycles. The van der Waals surface area contributed by atoms with Gasteiger partial charge in [0.15, 0.2) is 0 Å². The van der Waals surface area contributed by atoms with E-state index in [0.717, 1.165) is 22.4 Å². The van der Waals surface area contributed by atoms with Crippen LogP contribution in [0.4, 0.5) is 0 Å². The van der Waals surface area contributed by atoms with Gasteiger partial charge >= 0.3 is 21.7 Å². The van der Waals surface area contributed by atoms with E-state index >= 15 is 0 Å². The largest absolute Gasteiger partial charge is 3.00 e. The molecule has 80 valence electrons. The molecule has 0 unspecified atom stereocenters. The molecule has 0 nitrogen and oxygen atoms in total. The molecule has 2 rings (SSSR count). The summed E-state index contributed by atoms with van der Waals surface area (Å²) in [7, 11) is 0.750. The van der Waals surface area contributed by atoms with E-state index in [1.807, 2.05) is 24.3 Å². The molecule has 2 aliphatic rings. The summed E-state index contributed by atoms with van der Waals surface area (Å²) >= 11 is 0. The maximum absolute atomic E-state index is 2.99. The van der Waals surface area contributed by atoms with E-state index in [1.54, 1.807) is 0 Å². The molecule has 0 N–H and O–H groups in total. The molecular formula is C12H17ClSiTi. The fraction of sp³-hybridized carbons (Fsp3) is 0.333. The standard InChI is InChI=1S/2C5H5.C2H7Si.ClH.Ti/c2*1-2-4-5-3-1;1-3-2;;/h2*1-3H,4H2;3H,1-2H3;1H;/q2*-1;;;+3/p-1. The number of rotatable bonds is 0. The quantitative estimate of drug-likeness (QED) is 0.434. The van der Waals surface area contributed by atoms with Crippen LogP contribution < -0.4 is 12.4 Å². The number of hydrogen-bond acceptors (Lipinski definition) is 0. The van der Waals surface area contributed by atoms with E-state index in [1.165, 1.54) is 0 Å². The predicted molar refractivity (Wildman–Crippen MR) is 62.0 cm³/mol. The zero-order chi connectivity index (χ0) is 9.78. The van der Waals surface area contributed by atoms with Crippen LogP contribution in [-0.2, 0) is 21.7 Å². The second-order valence-electron chi connectivity index (χ2n) is 2.58. The van der Waals surface area contributed by atoms with E-state index in [9.17, 15) is 0 Å². The van der Waals surface area contributed by atoms with Crippen molar-refractivity contribution < 1.29 is 34.1 Å². The molecule has 0 amide bonds. The summed E-state index contributed by atoms with van der Waals surface area (Å²) in [4.78, 5) is 0. The van der Waals surface area contributed by atoms with Gasteiger partial charge in [-0.15, -0.1) is 12.8 Å². The predicted octanol–water partition coefficient (Wildman–Crippen LogP) is 0.132. The van der Waals surface area contributed by atoms with Gasteiger partial charge < -0.3 is 12.4 Å². The molecule has 2 radical (unpaired) electrons. The number of allylic oxidation sites excluding steroid dienone is 8. The fourth-order valence-electron chi connectivity index (χ4n) is 0.680. The van der Waals surface area contributed by atoms with Gasteiger partial charge in [-0.25, -0.2) is 24.3 Å². The maximum Gasteiger partial charge on any atom is 3.00 e. The van der Waals surface area contributed by atoms with Crippen molar-refractivity contribution in [1.29, 1.82) is 0 Å². The zero-order valence-electron chi connectivity index (χ0n) is 9.33. The Morgan fingerprint density at radius 3 is 1.33 bits per heavy atom. The summed E-state index contributed by atoms with van der Waals surface area (Å²) in [5.41, 5.74) is 0. The van der Waals surface area contributed by atoms with Gasteiger partial charge in [0.25, 0.3) is 0 Å². The first kappa shape index (κ1) is 20.6. The fourth-order valence-corrected chi connectivity index (χ4v) is 0.680. The van der Waals surface area contributed by atoms with Gasteiger partial charge in [0.1, 0.15) is 0 Å². The van der Waals surface area contributed by atoms with Crippen LogP contribution in [-0.4, -0.2) is 9.52 Å². The van der Waals surface area contributed by atoms with E-state index in [4.69, 9.17) is 0 Å². The Bertz CT molecular complexity index is 166. The first-order valence-electron chi connectivity index (χ1n) is 4.59. The SMILES string of the molecule is C[SiH]C.[C-]1=CC=CC1.[C-]1=CC=CC1.[Cl-].[Ti+3]. The average Bonchev–Trinajstić information content (AvgIpc) is 2.85. The van der Waals surface area contributed by atoms with Crippen molar-refractivity contribution in [1.82, 2.24) is 0 Å². The second kappa shape index (κ2) is 19.7. The molecule has 15 heavy (non-hydrogen) atoms. The Labute approximate surface area is 118 Å². The number of halogens is 1. The topological polar surface area (TPSA) is 0 Å². The molecule has 0 saturated heterocycles. The Kier molecular flexibility index (Phi) is 27.0. The van der Waals surface area contributed by atoms with Crippen LogP contribution in [0.2, 0.25) is 13.1 Å². The van der Waals surface area contributed by atoms with Gasteiger partial charge in [0.05, 0.1) is 0 Å². The average molecular weight is 273 g/mol. The van der Waals surface area contributed by atoms with Crippen LogP contribution in [0, 0.1) is 12.2 Å². The van der Waals surface area contributed by atoms with Crippen LogP contribution in [0.1, 0.15) is 12.8 Å². The Balaban J connectivity index is -0.000000140. The Hall–Kier alpha value is 0.181. The van der Waals surface area contributed by atoms with E-state index in [-0.39, 0.29) is 34.1 Å². The molecule has 0 aromatic carbocycles. The minimum Gasteiger partial charge on any atom is -1.00 e. The molecule has 0 atom stereocenters. The van der Waals surface area contributed by atoms with Crippen molar-refractivity contribution in [2.24, 2.45) is 0 Å². The summed E-state index contributed by atoms with van der Waals surface area (Å²) in [5, 5.41) is 0. The van der Waals surface area contributed by atoms with Crippen LogP contribution in [0.25, 0.3) is 0 Å². The molecule has 2 aliphatic carbocycles. The van der Waals surface area contributed by atoms with E-state index < -0.39 is 0 Å². The van der Waals surface area contributed by atoms with Crippen LogP contribution in [0.5, 0.6) is 0 Å². The molecule has 0 aromatic heterocycles. The van der Waals surface area contributed by atoms with Gasteiger partial charge in [0, 0.05) is 9.52 Å². The first-order valence-corrected chi connectivity index (χ1v) is 6.90. The van der Waals surface area contributed by atoms with Crippen molar-refractivity contribution in [3.8, 4) is 0 Å². The minimum atomic E-state index is 0. The third kappa shape index (κ3) is 20.3. The van der Waals surface area contributed by atoms with Crippen molar-refractivity contribution in [2.45, 2.75) is 25.9 Å². The number of hydrogen-bond donors (Lipinski definition) is 0. The minimum absolute atomic E-state index is 0. The zero-order valence-corrected chi connectivity index (χ0v) is 12.8. The summed E-state index contributed by atoms with van der Waals surface area (Å²) in [5.74, 6) is 0. The molecule has 0 aliphatic heterocycles. The third-order valence-electron chi connectivity index (χ3n) is 1.17. The first-order chi connectivity index (χ1) is 6.41. The van der Waals surface area contributed by atoms with Crippen LogP contribution in [0.3, 0.4) is 0 Å². The van der Waals surface area contributed by atoms with E-state index in [0.29, 0.717) is 0 Å². The molecule has 3 heteroatoms. The van der Waals surface area contributed by atoms with Gasteiger partial charge in [-0.2, -0.15) is 12.2 Å². The smallest absolute Gasteiger partial charge is 1.00 e. The monoisotopic (exact) mass is 272 g/mol. The van der Waals surface area contributed by atoms with Gasteiger partial charge in [0.2, 0.25) is 0 Å². The Morgan fingerprint density at radius 1 is 0.933 bits per heavy atom. The summed E-state index contributed by atoms with van der Waals surface area (Å²) in [6, 6.07) is 0. The van der Waals surface area contributed by atoms with Crippen molar-refractivity contribution in [3.63, 3.8) is 0 Å². The molecule has 0 aromatic rings. The summed E-state index contributed by atoms with van der Waals surface area (Å²) < 4.78 is 0. The van der Waals surface area contributed by atoms with Gasteiger partial charge in [-0.05, 0) is 0 Å².